The Hall–Kier alpha value is -1.69. The minimum absolute atomic E-state index is 0.0272. The minimum atomic E-state index is -0.0842. The van der Waals surface area contributed by atoms with E-state index in [4.69, 9.17) is 44.3 Å². The number of carbonyl (C=O) groups is 1. The maximum atomic E-state index is 12.3. The Bertz CT molecular complexity index is 763. The van der Waals surface area contributed by atoms with Gasteiger partial charge >= 0.3 is 0 Å². The number of nitrogens with zero attached hydrogens (tertiary/aromatic N) is 2. The Morgan fingerprint density at radius 3 is 2.50 bits per heavy atom. The fourth-order valence-corrected chi connectivity index (χ4v) is 3.22. The Morgan fingerprint density at radius 2 is 1.85 bits per heavy atom. The van der Waals surface area contributed by atoms with E-state index in [-0.39, 0.29) is 18.6 Å². The van der Waals surface area contributed by atoms with Crippen molar-refractivity contribution in [3.63, 3.8) is 0 Å². The van der Waals surface area contributed by atoms with Crippen molar-refractivity contribution < 1.29 is 14.3 Å². The first-order valence-electron chi connectivity index (χ1n) is 8.15. The average molecular weight is 416 g/mol. The van der Waals surface area contributed by atoms with Crippen molar-refractivity contribution >= 4 is 40.7 Å². The molecule has 26 heavy (non-hydrogen) atoms. The van der Waals surface area contributed by atoms with Crippen LogP contribution in [-0.4, -0.2) is 41.6 Å². The SMILES string of the molecule is O=C(COc1ccc(Cl)cc1Cl)N1CCC(Oc2ccc(Cl)cn2)CC1. The first kappa shape index (κ1) is 19.1. The summed E-state index contributed by atoms with van der Waals surface area (Å²) >= 11 is 17.7. The predicted molar refractivity (Wildman–Crippen MR) is 101 cm³/mol. The predicted octanol–water partition coefficient (Wildman–Crippen LogP) is 4.49. The molecule has 3 rings (SSSR count). The number of carbonyl (C=O) groups excluding carboxylic acids is 1. The van der Waals surface area contributed by atoms with Crippen molar-refractivity contribution in [3.8, 4) is 11.6 Å². The highest BCUT2D eigenvalue weighted by Crippen LogP contribution is 2.27. The molecule has 1 aromatic carbocycles. The summed E-state index contributed by atoms with van der Waals surface area (Å²) in [6, 6.07) is 8.37. The van der Waals surface area contributed by atoms with Gasteiger partial charge in [0.1, 0.15) is 11.9 Å². The van der Waals surface area contributed by atoms with Gasteiger partial charge in [-0.1, -0.05) is 34.8 Å². The quantitative estimate of drug-likeness (QED) is 0.722. The van der Waals surface area contributed by atoms with E-state index in [1.54, 1.807) is 41.4 Å². The summed E-state index contributed by atoms with van der Waals surface area (Å²) in [6.07, 6.45) is 3.05. The second-order valence-corrected chi connectivity index (χ2v) is 7.16. The van der Waals surface area contributed by atoms with E-state index in [9.17, 15) is 4.79 Å². The van der Waals surface area contributed by atoms with Gasteiger partial charge in [0.05, 0.1) is 10.0 Å². The Morgan fingerprint density at radius 1 is 1.12 bits per heavy atom. The molecule has 5 nitrogen and oxygen atoms in total. The maximum absolute atomic E-state index is 12.3. The van der Waals surface area contributed by atoms with Crippen LogP contribution >= 0.6 is 34.8 Å². The molecule has 0 saturated carbocycles. The lowest BCUT2D eigenvalue weighted by molar-refractivity contribution is -0.135. The molecule has 2 heterocycles. The van der Waals surface area contributed by atoms with Crippen molar-refractivity contribution in [3.05, 3.63) is 51.6 Å². The molecule has 1 aliphatic heterocycles. The number of halogens is 3. The molecule has 8 heteroatoms. The highest BCUT2D eigenvalue weighted by Gasteiger charge is 2.24. The molecule has 1 aromatic heterocycles. The van der Waals surface area contributed by atoms with E-state index in [1.807, 2.05) is 0 Å². The van der Waals surface area contributed by atoms with Crippen LogP contribution in [0.15, 0.2) is 36.5 Å². The molecule has 0 bridgehead atoms. The fraction of sp³-hybridized carbons (Fsp3) is 0.333. The van der Waals surface area contributed by atoms with Crippen molar-refractivity contribution in [1.82, 2.24) is 9.88 Å². The molecule has 0 unspecified atom stereocenters. The summed E-state index contributed by atoms with van der Waals surface area (Å²) in [5.74, 6) is 0.899. The summed E-state index contributed by atoms with van der Waals surface area (Å²) in [4.78, 5) is 18.2. The molecule has 1 saturated heterocycles. The number of hydrogen-bond acceptors (Lipinski definition) is 4. The van der Waals surface area contributed by atoms with Crippen LogP contribution in [-0.2, 0) is 4.79 Å². The number of rotatable bonds is 5. The highest BCUT2D eigenvalue weighted by molar-refractivity contribution is 6.35. The van der Waals surface area contributed by atoms with E-state index in [1.165, 1.54) is 0 Å². The minimum Gasteiger partial charge on any atom is -0.482 e. The zero-order chi connectivity index (χ0) is 18.5. The van der Waals surface area contributed by atoms with Gasteiger partial charge in [-0.05, 0) is 24.3 Å². The Labute approximate surface area is 166 Å². The van der Waals surface area contributed by atoms with Gasteiger partial charge in [-0.3, -0.25) is 4.79 Å². The van der Waals surface area contributed by atoms with Crippen LogP contribution in [0.1, 0.15) is 12.8 Å². The maximum Gasteiger partial charge on any atom is 0.260 e. The van der Waals surface area contributed by atoms with E-state index in [0.717, 1.165) is 12.8 Å². The average Bonchev–Trinajstić information content (AvgIpc) is 2.63. The molecule has 2 aromatic rings. The molecule has 1 amide bonds. The third-order valence-electron chi connectivity index (χ3n) is 4.03. The number of ether oxygens (including phenoxy) is 2. The van der Waals surface area contributed by atoms with Crippen LogP contribution in [0, 0.1) is 0 Å². The van der Waals surface area contributed by atoms with Gasteiger partial charge in [0.15, 0.2) is 6.61 Å². The zero-order valence-corrected chi connectivity index (χ0v) is 16.1. The zero-order valence-electron chi connectivity index (χ0n) is 13.8. The fourth-order valence-electron chi connectivity index (χ4n) is 2.65. The summed E-state index contributed by atoms with van der Waals surface area (Å²) in [5, 5.41) is 1.47. The Kier molecular flexibility index (Phi) is 6.46. The number of piperidine rings is 1. The summed E-state index contributed by atoms with van der Waals surface area (Å²) in [6.45, 7) is 1.15. The third kappa shape index (κ3) is 5.16. The van der Waals surface area contributed by atoms with Crippen LogP contribution in [0.25, 0.3) is 0 Å². The van der Waals surface area contributed by atoms with Gasteiger partial charge < -0.3 is 14.4 Å². The van der Waals surface area contributed by atoms with E-state index >= 15 is 0 Å². The van der Waals surface area contributed by atoms with E-state index in [0.29, 0.717) is 39.8 Å². The van der Waals surface area contributed by atoms with Gasteiger partial charge in [0, 0.05) is 43.2 Å². The van der Waals surface area contributed by atoms with E-state index in [2.05, 4.69) is 4.98 Å². The smallest absolute Gasteiger partial charge is 0.260 e. The van der Waals surface area contributed by atoms with Crippen molar-refractivity contribution in [2.75, 3.05) is 19.7 Å². The topological polar surface area (TPSA) is 51.7 Å². The summed E-state index contributed by atoms with van der Waals surface area (Å²) in [7, 11) is 0. The molecule has 0 spiro atoms. The molecule has 0 aliphatic carbocycles. The van der Waals surface area contributed by atoms with Crippen molar-refractivity contribution in [1.29, 1.82) is 0 Å². The number of benzene rings is 1. The van der Waals surface area contributed by atoms with Gasteiger partial charge in [-0.15, -0.1) is 0 Å². The van der Waals surface area contributed by atoms with Gasteiger partial charge in [-0.2, -0.15) is 0 Å². The Balaban J connectivity index is 1.45. The number of hydrogen-bond donors (Lipinski definition) is 0. The monoisotopic (exact) mass is 414 g/mol. The van der Waals surface area contributed by atoms with Gasteiger partial charge in [0.25, 0.3) is 5.91 Å². The lowest BCUT2D eigenvalue weighted by atomic mass is 10.1. The second-order valence-electron chi connectivity index (χ2n) is 5.88. The standard InChI is InChI=1S/C18H17Cl3N2O3/c19-12-1-3-16(15(21)9-12)25-11-18(24)23-7-5-14(6-8-23)26-17-4-2-13(20)10-22-17/h1-4,9-10,14H,5-8,11H2. The van der Waals surface area contributed by atoms with Crippen LogP contribution < -0.4 is 9.47 Å². The lowest BCUT2D eigenvalue weighted by Gasteiger charge is -2.31. The summed E-state index contributed by atoms with van der Waals surface area (Å²) in [5.41, 5.74) is 0. The second kappa shape index (κ2) is 8.80. The summed E-state index contributed by atoms with van der Waals surface area (Å²) < 4.78 is 11.3. The number of pyridine rings is 1. The highest BCUT2D eigenvalue weighted by atomic mass is 35.5. The molecule has 0 N–H and O–H groups in total. The first-order chi connectivity index (χ1) is 12.5. The molecular formula is C18H17Cl3N2O3. The largest absolute Gasteiger partial charge is 0.482 e. The van der Waals surface area contributed by atoms with Crippen molar-refractivity contribution in [2.45, 2.75) is 18.9 Å². The number of likely N-dealkylation sites (tertiary alicyclic amines) is 1. The molecule has 138 valence electrons. The van der Waals surface area contributed by atoms with Crippen LogP contribution in [0.4, 0.5) is 0 Å². The molecule has 1 aliphatic rings. The van der Waals surface area contributed by atoms with Gasteiger partial charge in [-0.25, -0.2) is 4.98 Å². The third-order valence-corrected chi connectivity index (χ3v) is 4.78. The van der Waals surface area contributed by atoms with Gasteiger partial charge in [0.2, 0.25) is 5.88 Å². The van der Waals surface area contributed by atoms with Crippen LogP contribution in [0.5, 0.6) is 11.6 Å². The van der Waals surface area contributed by atoms with Crippen LogP contribution in [0.3, 0.4) is 0 Å². The lowest BCUT2D eigenvalue weighted by Crippen LogP contribution is -2.43. The first-order valence-corrected chi connectivity index (χ1v) is 9.28. The van der Waals surface area contributed by atoms with E-state index < -0.39 is 0 Å². The van der Waals surface area contributed by atoms with Crippen molar-refractivity contribution in [2.24, 2.45) is 0 Å². The molecular weight excluding hydrogens is 399 g/mol. The molecule has 0 atom stereocenters. The molecule has 0 radical (unpaired) electrons. The number of aromatic nitrogens is 1. The van der Waals surface area contributed by atoms with Crippen LogP contribution in [0.2, 0.25) is 15.1 Å². The number of amides is 1. The molecule has 1 fully saturated rings. The normalized spacial score (nSPS) is 15.0.